The highest BCUT2D eigenvalue weighted by molar-refractivity contribution is 5.86. The minimum atomic E-state index is -0.171. The monoisotopic (exact) mass is 374 g/mol. The van der Waals surface area contributed by atoms with Gasteiger partial charge in [0.25, 0.3) is 0 Å². The highest BCUT2D eigenvalue weighted by Gasteiger charge is 2.31. The number of piperidine rings is 1. The van der Waals surface area contributed by atoms with Crippen molar-refractivity contribution in [2.75, 3.05) is 31.1 Å². The van der Waals surface area contributed by atoms with Gasteiger partial charge in [-0.25, -0.2) is 9.97 Å². The van der Waals surface area contributed by atoms with Crippen LogP contribution in [0.15, 0.2) is 54.7 Å². The normalized spacial score (nSPS) is 23.4. The van der Waals surface area contributed by atoms with Crippen molar-refractivity contribution in [3.63, 3.8) is 0 Å². The lowest BCUT2D eigenvalue weighted by Gasteiger charge is -2.34. The summed E-state index contributed by atoms with van der Waals surface area (Å²) in [5, 5.41) is 12.4. The fraction of sp³-hybridized carbons (Fsp3) is 0.391. The minimum Gasteiger partial charge on any atom is -0.392 e. The van der Waals surface area contributed by atoms with Gasteiger partial charge in [-0.2, -0.15) is 0 Å². The van der Waals surface area contributed by atoms with Crippen LogP contribution < -0.4 is 4.90 Å². The Bertz CT molecular complexity index is 975. The maximum absolute atomic E-state index is 9.98. The van der Waals surface area contributed by atoms with Gasteiger partial charge in [0.15, 0.2) is 0 Å². The molecule has 3 aromatic rings. The molecule has 0 aliphatic carbocycles. The van der Waals surface area contributed by atoms with Crippen molar-refractivity contribution in [1.29, 1.82) is 0 Å². The van der Waals surface area contributed by atoms with Gasteiger partial charge in [0.2, 0.25) is 5.95 Å². The lowest BCUT2D eigenvalue weighted by Crippen LogP contribution is -2.45. The molecule has 5 rings (SSSR count). The van der Waals surface area contributed by atoms with E-state index in [4.69, 9.17) is 4.98 Å². The second kappa shape index (κ2) is 7.49. The molecule has 0 saturated carbocycles. The average Bonchev–Trinajstić information content (AvgIpc) is 3.24. The number of anilines is 1. The predicted octanol–water partition coefficient (Wildman–Crippen LogP) is 3.33. The van der Waals surface area contributed by atoms with E-state index >= 15 is 0 Å². The standard InChI is InChI=1S/C23H26N4O/c28-21-6-3-12-26(16-21)20-10-13-27(15-20)23-24-11-9-22(25-23)19-8-7-17-4-1-2-5-18(17)14-19/h1-2,4-5,7-9,11,14,20-21,28H,3,6,10,12-13,15-16H2/t20-,21-/m1/s1. The number of hydrogen-bond donors (Lipinski definition) is 1. The summed E-state index contributed by atoms with van der Waals surface area (Å²) < 4.78 is 0. The molecule has 0 amide bonds. The highest BCUT2D eigenvalue weighted by atomic mass is 16.3. The summed E-state index contributed by atoms with van der Waals surface area (Å²) >= 11 is 0. The molecule has 2 aliphatic rings. The Morgan fingerprint density at radius 3 is 2.71 bits per heavy atom. The summed E-state index contributed by atoms with van der Waals surface area (Å²) in [5.41, 5.74) is 2.09. The van der Waals surface area contributed by atoms with E-state index < -0.39 is 0 Å². The van der Waals surface area contributed by atoms with Crippen molar-refractivity contribution < 1.29 is 5.11 Å². The fourth-order valence-electron chi connectivity index (χ4n) is 4.55. The predicted molar refractivity (Wildman–Crippen MR) is 112 cm³/mol. The zero-order chi connectivity index (χ0) is 18.9. The molecule has 0 radical (unpaired) electrons. The van der Waals surface area contributed by atoms with Crippen LogP contribution in [-0.4, -0.2) is 58.3 Å². The van der Waals surface area contributed by atoms with Gasteiger partial charge in [-0.1, -0.05) is 36.4 Å². The van der Waals surface area contributed by atoms with Crippen LogP contribution in [0, 0.1) is 0 Å². The lowest BCUT2D eigenvalue weighted by atomic mass is 10.1. The Kier molecular flexibility index (Phi) is 4.71. The molecule has 5 nitrogen and oxygen atoms in total. The van der Waals surface area contributed by atoms with Crippen LogP contribution in [-0.2, 0) is 0 Å². The number of benzene rings is 2. The Balaban J connectivity index is 1.35. The molecule has 2 aliphatic heterocycles. The van der Waals surface area contributed by atoms with Crippen molar-refractivity contribution in [2.24, 2.45) is 0 Å². The molecule has 2 saturated heterocycles. The number of likely N-dealkylation sites (tertiary alicyclic amines) is 1. The topological polar surface area (TPSA) is 52.5 Å². The molecule has 2 atom stereocenters. The van der Waals surface area contributed by atoms with Crippen LogP contribution in [0.25, 0.3) is 22.0 Å². The molecule has 0 spiro atoms. The third kappa shape index (κ3) is 3.48. The van der Waals surface area contributed by atoms with E-state index in [9.17, 15) is 5.11 Å². The van der Waals surface area contributed by atoms with E-state index in [0.717, 1.165) is 62.6 Å². The van der Waals surface area contributed by atoms with Gasteiger partial charge in [0, 0.05) is 37.4 Å². The maximum atomic E-state index is 9.98. The third-order valence-electron chi connectivity index (χ3n) is 6.08. The van der Waals surface area contributed by atoms with Gasteiger partial charge in [-0.05, 0) is 48.7 Å². The number of aromatic nitrogens is 2. The summed E-state index contributed by atoms with van der Waals surface area (Å²) in [5.74, 6) is 0.811. The second-order valence-corrected chi connectivity index (χ2v) is 7.98. The molecular formula is C23H26N4O. The summed E-state index contributed by atoms with van der Waals surface area (Å²) in [6.45, 7) is 3.80. The molecule has 28 heavy (non-hydrogen) atoms. The number of hydrogen-bond acceptors (Lipinski definition) is 5. The van der Waals surface area contributed by atoms with Crippen LogP contribution in [0.1, 0.15) is 19.3 Å². The van der Waals surface area contributed by atoms with Crippen LogP contribution >= 0.6 is 0 Å². The Labute approximate surface area is 165 Å². The van der Waals surface area contributed by atoms with E-state index in [1.54, 1.807) is 0 Å². The number of aliphatic hydroxyl groups is 1. The molecule has 1 N–H and O–H groups in total. The van der Waals surface area contributed by atoms with E-state index in [0.29, 0.717) is 6.04 Å². The smallest absolute Gasteiger partial charge is 0.225 e. The van der Waals surface area contributed by atoms with Crippen LogP contribution in [0.4, 0.5) is 5.95 Å². The number of rotatable bonds is 3. The number of β-amino-alcohol motifs (C(OH)–C–C–N with tert-alkyl or cyclic N) is 1. The lowest BCUT2D eigenvalue weighted by molar-refractivity contribution is 0.0513. The molecule has 1 aromatic heterocycles. The maximum Gasteiger partial charge on any atom is 0.225 e. The number of fused-ring (bicyclic) bond motifs is 1. The zero-order valence-corrected chi connectivity index (χ0v) is 16.0. The first-order valence-electron chi connectivity index (χ1n) is 10.3. The molecule has 2 aromatic carbocycles. The quantitative estimate of drug-likeness (QED) is 0.762. The summed E-state index contributed by atoms with van der Waals surface area (Å²) in [6, 6.07) is 17.4. The van der Waals surface area contributed by atoms with Gasteiger partial charge in [-0.3, -0.25) is 4.90 Å². The van der Waals surface area contributed by atoms with E-state index in [-0.39, 0.29) is 6.10 Å². The largest absolute Gasteiger partial charge is 0.392 e. The Hall–Kier alpha value is -2.50. The van der Waals surface area contributed by atoms with E-state index in [1.807, 2.05) is 12.3 Å². The summed E-state index contributed by atoms with van der Waals surface area (Å²) in [7, 11) is 0. The first-order valence-corrected chi connectivity index (χ1v) is 10.3. The number of nitrogens with zero attached hydrogens (tertiary/aromatic N) is 4. The van der Waals surface area contributed by atoms with Gasteiger partial charge >= 0.3 is 0 Å². The van der Waals surface area contributed by atoms with Gasteiger partial charge < -0.3 is 10.0 Å². The zero-order valence-electron chi connectivity index (χ0n) is 16.0. The highest BCUT2D eigenvalue weighted by Crippen LogP contribution is 2.26. The minimum absolute atomic E-state index is 0.171. The molecule has 5 heteroatoms. The van der Waals surface area contributed by atoms with Gasteiger partial charge in [-0.15, -0.1) is 0 Å². The van der Waals surface area contributed by atoms with Gasteiger partial charge in [0.1, 0.15) is 0 Å². The molecule has 144 valence electrons. The van der Waals surface area contributed by atoms with Crippen molar-refractivity contribution >= 4 is 16.7 Å². The van der Waals surface area contributed by atoms with Crippen molar-refractivity contribution in [3.05, 3.63) is 54.7 Å². The van der Waals surface area contributed by atoms with Crippen molar-refractivity contribution in [2.45, 2.75) is 31.4 Å². The average molecular weight is 374 g/mol. The first kappa shape index (κ1) is 17.6. The summed E-state index contributed by atoms with van der Waals surface area (Å²) in [6.07, 6.45) is 4.83. The Morgan fingerprint density at radius 2 is 1.82 bits per heavy atom. The molecule has 3 heterocycles. The fourth-order valence-corrected chi connectivity index (χ4v) is 4.55. The van der Waals surface area contributed by atoms with Crippen molar-refractivity contribution in [3.8, 4) is 11.3 Å². The second-order valence-electron chi connectivity index (χ2n) is 7.98. The SMILES string of the molecule is O[C@@H]1CCCN([C@@H]2CCN(c3nccc(-c4ccc5ccccc5c4)n3)C2)C1. The van der Waals surface area contributed by atoms with E-state index in [1.165, 1.54) is 10.8 Å². The first-order chi connectivity index (χ1) is 13.8. The molecular weight excluding hydrogens is 348 g/mol. The molecule has 2 fully saturated rings. The molecule has 0 bridgehead atoms. The van der Waals surface area contributed by atoms with Crippen LogP contribution in [0.3, 0.4) is 0 Å². The third-order valence-corrected chi connectivity index (χ3v) is 6.08. The van der Waals surface area contributed by atoms with Crippen LogP contribution in [0.5, 0.6) is 0 Å². The van der Waals surface area contributed by atoms with E-state index in [2.05, 4.69) is 57.2 Å². The van der Waals surface area contributed by atoms with Crippen LogP contribution in [0.2, 0.25) is 0 Å². The number of aliphatic hydroxyl groups excluding tert-OH is 1. The summed E-state index contributed by atoms with van der Waals surface area (Å²) in [4.78, 5) is 14.2. The van der Waals surface area contributed by atoms with Crippen molar-refractivity contribution in [1.82, 2.24) is 14.9 Å². The van der Waals surface area contributed by atoms with Gasteiger partial charge in [0.05, 0.1) is 11.8 Å². The Morgan fingerprint density at radius 1 is 0.929 bits per heavy atom. The molecule has 0 unspecified atom stereocenters.